The topological polar surface area (TPSA) is 22.1 Å². The van der Waals surface area contributed by atoms with Crippen molar-refractivity contribution in [2.75, 3.05) is 6.61 Å². The molecule has 2 aromatic rings. The first-order valence-corrected chi connectivity index (χ1v) is 5.84. The molecular formula is C12H10BrNO. The van der Waals surface area contributed by atoms with Crippen molar-refractivity contribution in [3.05, 3.63) is 34.3 Å². The van der Waals surface area contributed by atoms with Crippen molar-refractivity contribution in [3.63, 3.8) is 0 Å². The molecule has 0 saturated heterocycles. The number of halogens is 1. The number of fused-ring (bicyclic) bond motifs is 2. The van der Waals surface area contributed by atoms with Gasteiger partial charge in [0.25, 0.3) is 0 Å². The van der Waals surface area contributed by atoms with Crippen LogP contribution in [0.25, 0.3) is 10.9 Å². The van der Waals surface area contributed by atoms with Crippen LogP contribution in [0.15, 0.2) is 28.7 Å². The molecule has 0 amide bonds. The summed E-state index contributed by atoms with van der Waals surface area (Å²) in [6, 6.07) is 8.33. The second kappa shape index (κ2) is 3.49. The molecule has 0 spiro atoms. The van der Waals surface area contributed by atoms with Crippen LogP contribution in [0, 0.1) is 0 Å². The number of hydrogen-bond acceptors (Lipinski definition) is 2. The van der Waals surface area contributed by atoms with Gasteiger partial charge in [0.05, 0.1) is 12.1 Å². The third kappa shape index (κ3) is 1.61. The second-order valence-corrected chi connectivity index (χ2v) is 4.66. The van der Waals surface area contributed by atoms with E-state index in [-0.39, 0.29) is 0 Å². The summed E-state index contributed by atoms with van der Waals surface area (Å²) in [4.78, 5) is 4.52. The Morgan fingerprint density at radius 1 is 1.27 bits per heavy atom. The van der Waals surface area contributed by atoms with Crippen LogP contribution in [-0.2, 0) is 6.42 Å². The summed E-state index contributed by atoms with van der Waals surface area (Å²) in [5.41, 5.74) is 2.22. The Morgan fingerprint density at radius 2 is 2.20 bits per heavy atom. The Kier molecular flexibility index (Phi) is 2.13. The summed E-state index contributed by atoms with van der Waals surface area (Å²) in [7, 11) is 0. The zero-order valence-corrected chi connectivity index (χ0v) is 9.75. The molecule has 0 bridgehead atoms. The third-order valence-electron chi connectivity index (χ3n) is 2.65. The first kappa shape index (κ1) is 9.16. The molecule has 0 radical (unpaired) electrons. The zero-order chi connectivity index (χ0) is 10.3. The van der Waals surface area contributed by atoms with E-state index in [0.717, 1.165) is 35.3 Å². The van der Waals surface area contributed by atoms with Gasteiger partial charge in [0.1, 0.15) is 0 Å². The number of nitrogens with zero attached hydrogens (tertiary/aromatic N) is 1. The maximum atomic E-state index is 5.54. The van der Waals surface area contributed by atoms with E-state index in [2.05, 4.69) is 33.0 Å². The lowest BCUT2D eigenvalue weighted by Crippen LogP contribution is -2.09. The molecule has 2 nitrogen and oxygen atoms in total. The molecule has 0 aliphatic carbocycles. The first-order chi connectivity index (χ1) is 7.33. The van der Waals surface area contributed by atoms with Gasteiger partial charge in [0.2, 0.25) is 5.88 Å². The van der Waals surface area contributed by atoms with Crippen LogP contribution >= 0.6 is 15.9 Å². The summed E-state index contributed by atoms with van der Waals surface area (Å²) in [5, 5.41) is 1.18. The van der Waals surface area contributed by atoms with Crippen LogP contribution in [0.2, 0.25) is 0 Å². The van der Waals surface area contributed by atoms with E-state index in [4.69, 9.17) is 4.74 Å². The van der Waals surface area contributed by atoms with Gasteiger partial charge in [0.15, 0.2) is 0 Å². The van der Waals surface area contributed by atoms with Crippen LogP contribution in [0.4, 0.5) is 0 Å². The Balaban J connectivity index is 2.26. The fourth-order valence-electron chi connectivity index (χ4n) is 1.90. The Labute approximate surface area is 96.4 Å². The van der Waals surface area contributed by atoms with Crippen LogP contribution in [0.1, 0.15) is 12.0 Å². The number of ether oxygens (including phenoxy) is 1. The normalized spacial score (nSPS) is 14.7. The number of benzene rings is 1. The number of pyridine rings is 1. The molecule has 0 saturated carbocycles. The minimum Gasteiger partial charge on any atom is -0.477 e. The molecule has 0 atom stereocenters. The predicted molar refractivity (Wildman–Crippen MR) is 63.3 cm³/mol. The summed E-state index contributed by atoms with van der Waals surface area (Å²) in [5.74, 6) is 0.812. The molecule has 76 valence electrons. The molecular weight excluding hydrogens is 254 g/mol. The average Bonchev–Trinajstić information content (AvgIpc) is 2.26. The zero-order valence-electron chi connectivity index (χ0n) is 8.16. The first-order valence-electron chi connectivity index (χ1n) is 5.05. The minimum absolute atomic E-state index is 0.791. The molecule has 0 unspecified atom stereocenters. The van der Waals surface area contributed by atoms with E-state index in [9.17, 15) is 0 Å². The second-order valence-electron chi connectivity index (χ2n) is 3.74. The highest BCUT2D eigenvalue weighted by atomic mass is 79.9. The van der Waals surface area contributed by atoms with Gasteiger partial charge in [-0.2, -0.15) is 0 Å². The number of hydrogen-bond donors (Lipinski definition) is 0. The molecule has 0 N–H and O–H groups in total. The van der Waals surface area contributed by atoms with Gasteiger partial charge >= 0.3 is 0 Å². The van der Waals surface area contributed by atoms with Gasteiger partial charge < -0.3 is 4.74 Å². The van der Waals surface area contributed by atoms with Crippen molar-refractivity contribution in [2.24, 2.45) is 0 Å². The molecule has 1 aliphatic heterocycles. The van der Waals surface area contributed by atoms with Crippen LogP contribution in [-0.4, -0.2) is 11.6 Å². The molecule has 1 aliphatic rings. The van der Waals surface area contributed by atoms with Crippen molar-refractivity contribution in [1.29, 1.82) is 0 Å². The molecule has 3 rings (SSSR count). The van der Waals surface area contributed by atoms with Gasteiger partial charge in [-0.3, -0.25) is 0 Å². The van der Waals surface area contributed by atoms with Crippen LogP contribution in [0.5, 0.6) is 5.88 Å². The highest BCUT2D eigenvalue weighted by Crippen LogP contribution is 2.27. The molecule has 2 heterocycles. The lowest BCUT2D eigenvalue weighted by molar-refractivity contribution is 0.277. The minimum atomic E-state index is 0.791. The molecule has 1 aromatic heterocycles. The van der Waals surface area contributed by atoms with E-state index in [1.165, 1.54) is 10.9 Å². The fraction of sp³-hybridized carbons (Fsp3) is 0.250. The van der Waals surface area contributed by atoms with E-state index in [1.54, 1.807) is 0 Å². The van der Waals surface area contributed by atoms with Gasteiger partial charge in [-0.05, 0) is 31.0 Å². The number of aromatic nitrogens is 1. The molecule has 3 heteroatoms. The van der Waals surface area contributed by atoms with Gasteiger partial charge in [-0.15, -0.1) is 0 Å². The smallest absolute Gasteiger partial charge is 0.217 e. The SMILES string of the molecule is Brc1ccc2cc3c(nc2c1)OCCC3. The fourth-order valence-corrected chi connectivity index (χ4v) is 2.25. The monoisotopic (exact) mass is 263 g/mol. The van der Waals surface area contributed by atoms with Crippen molar-refractivity contribution < 1.29 is 4.74 Å². The highest BCUT2D eigenvalue weighted by Gasteiger charge is 2.12. The third-order valence-corrected chi connectivity index (χ3v) is 3.14. The van der Waals surface area contributed by atoms with E-state index < -0.39 is 0 Å². The Morgan fingerprint density at radius 3 is 3.13 bits per heavy atom. The molecule has 1 aromatic carbocycles. The largest absolute Gasteiger partial charge is 0.477 e. The van der Waals surface area contributed by atoms with Crippen molar-refractivity contribution in [1.82, 2.24) is 4.98 Å². The summed E-state index contributed by atoms with van der Waals surface area (Å²) >= 11 is 3.45. The quantitative estimate of drug-likeness (QED) is 0.728. The van der Waals surface area contributed by atoms with E-state index >= 15 is 0 Å². The Hall–Kier alpha value is -1.09. The lowest BCUT2D eigenvalue weighted by atomic mass is 10.1. The number of rotatable bonds is 0. The standard InChI is InChI=1S/C12H10BrNO/c13-10-4-3-8-6-9-2-1-5-15-12(9)14-11(8)7-10/h3-4,6-7H,1-2,5H2. The van der Waals surface area contributed by atoms with Gasteiger partial charge in [-0.25, -0.2) is 4.98 Å². The highest BCUT2D eigenvalue weighted by molar-refractivity contribution is 9.10. The maximum absolute atomic E-state index is 5.54. The van der Waals surface area contributed by atoms with E-state index in [0.29, 0.717) is 0 Å². The molecule has 15 heavy (non-hydrogen) atoms. The predicted octanol–water partition coefficient (Wildman–Crippen LogP) is 3.32. The van der Waals surface area contributed by atoms with Crippen molar-refractivity contribution in [3.8, 4) is 5.88 Å². The van der Waals surface area contributed by atoms with Crippen molar-refractivity contribution >= 4 is 26.8 Å². The van der Waals surface area contributed by atoms with Crippen LogP contribution in [0.3, 0.4) is 0 Å². The van der Waals surface area contributed by atoms with Crippen molar-refractivity contribution in [2.45, 2.75) is 12.8 Å². The lowest BCUT2D eigenvalue weighted by Gasteiger charge is -2.16. The summed E-state index contributed by atoms with van der Waals surface area (Å²) in [6.07, 6.45) is 2.17. The van der Waals surface area contributed by atoms with E-state index in [1.807, 2.05) is 12.1 Å². The van der Waals surface area contributed by atoms with Crippen LogP contribution < -0.4 is 4.74 Å². The van der Waals surface area contributed by atoms with Gasteiger partial charge in [-0.1, -0.05) is 22.0 Å². The van der Waals surface area contributed by atoms with Gasteiger partial charge in [0, 0.05) is 15.4 Å². The average molecular weight is 264 g/mol. The number of aryl methyl sites for hydroxylation is 1. The summed E-state index contributed by atoms with van der Waals surface area (Å²) < 4.78 is 6.60. The molecule has 0 fully saturated rings. The maximum Gasteiger partial charge on any atom is 0.217 e. The summed E-state index contributed by atoms with van der Waals surface area (Å²) in [6.45, 7) is 0.791. The Bertz CT molecular complexity index is 524.